The van der Waals surface area contributed by atoms with Gasteiger partial charge in [-0.15, -0.1) is 39.7 Å². The first kappa shape index (κ1) is 48.4. The summed E-state index contributed by atoms with van der Waals surface area (Å²) in [7, 11) is 0. The Morgan fingerprint density at radius 3 is 1.29 bits per heavy atom. The van der Waals surface area contributed by atoms with Gasteiger partial charge in [-0.1, -0.05) is 169 Å². The number of hydrogen-bond donors (Lipinski definition) is 0. The van der Waals surface area contributed by atoms with Crippen molar-refractivity contribution in [1.29, 1.82) is 0 Å². The van der Waals surface area contributed by atoms with Crippen LogP contribution in [-0.4, -0.2) is 3.21 Å². The quantitative estimate of drug-likeness (QED) is 0.182. The van der Waals surface area contributed by atoms with Gasteiger partial charge in [0, 0.05) is 0 Å². The van der Waals surface area contributed by atoms with Gasteiger partial charge in [-0.05, 0) is 21.7 Å². The second-order valence-electron chi connectivity index (χ2n) is 19.7. The summed E-state index contributed by atoms with van der Waals surface area (Å²) in [6, 6.07) is 22.8. The minimum Gasteiger partial charge on any atom is -1.00 e. The Morgan fingerprint density at radius 2 is 1.00 bits per heavy atom. The van der Waals surface area contributed by atoms with Crippen LogP contribution in [0.1, 0.15) is 158 Å². The van der Waals surface area contributed by atoms with E-state index in [4.69, 9.17) is 0 Å². The van der Waals surface area contributed by atoms with Gasteiger partial charge in [0.2, 0.25) is 0 Å². The first-order valence-electron chi connectivity index (χ1n) is 18.9. The molecule has 284 valence electrons. The molecule has 1 atom stereocenters. The molecule has 0 heterocycles. The summed E-state index contributed by atoms with van der Waals surface area (Å²) < 4.78 is 1.46. The van der Waals surface area contributed by atoms with Gasteiger partial charge in [-0.25, -0.2) is 6.08 Å². The van der Waals surface area contributed by atoms with E-state index in [1.807, 2.05) is 6.07 Å². The van der Waals surface area contributed by atoms with Crippen molar-refractivity contribution in [2.45, 2.75) is 152 Å². The fraction of sp³-hybridized carbons (Fsp3) is 0.510. The van der Waals surface area contributed by atoms with Gasteiger partial charge >= 0.3 is 70.3 Å². The average molecular weight is 819 g/mol. The van der Waals surface area contributed by atoms with E-state index in [2.05, 4.69) is 191 Å². The topological polar surface area (TPSA) is 0 Å². The largest absolute Gasteiger partial charge is 1.00 e. The Kier molecular flexibility index (Phi) is 17.0. The van der Waals surface area contributed by atoms with Crippen molar-refractivity contribution in [2.24, 2.45) is 11.3 Å². The van der Waals surface area contributed by atoms with Crippen LogP contribution in [0.15, 0.2) is 78.4 Å². The molecular weight excluding hydrogens is 751 g/mol. The second kappa shape index (κ2) is 18.3. The third-order valence-electron chi connectivity index (χ3n) is 9.72. The van der Waals surface area contributed by atoms with Gasteiger partial charge < -0.3 is 24.8 Å². The van der Waals surface area contributed by atoms with Gasteiger partial charge in [-0.3, -0.25) is 6.08 Å². The standard InChI is InChI=1S/C29H41.C12H19.C8H8.2ClH.Zr/c1-26(2,3)22-14-18-13-19-15-23(27(4,5)6)25(29(10,11)12)17-21(19)20(18)16-24(22)28(7,8)9;1-5-6-10-7-8-11(9-10)12(2,3)4;1-2-8-6-4-3-5-7-8;;;/h13-17H,1-12H3;8-10H,5-6H2,1-4H3;3-7H,1H3;2*1H;/q2*-1;;;;+2/p-2. The molecule has 4 aromatic carbocycles. The molecule has 0 aromatic heterocycles. The van der Waals surface area contributed by atoms with E-state index in [9.17, 15) is 0 Å². The molecule has 0 nitrogen and oxygen atoms in total. The molecule has 0 amide bonds. The molecule has 1 unspecified atom stereocenters. The number of halogens is 2. The summed E-state index contributed by atoms with van der Waals surface area (Å²) in [5.74, 6) is 0.587. The van der Waals surface area contributed by atoms with Crippen molar-refractivity contribution in [1.82, 2.24) is 0 Å². The molecule has 52 heavy (non-hydrogen) atoms. The molecule has 0 fully saturated rings. The molecule has 0 bridgehead atoms. The van der Waals surface area contributed by atoms with Crippen molar-refractivity contribution in [3.63, 3.8) is 0 Å². The van der Waals surface area contributed by atoms with E-state index in [0.29, 0.717) is 11.3 Å². The fourth-order valence-corrected chi connectivity index (χ4v) is 7.14. The molecule has 0 aliphatic heterocycles. The van der Waals surface area contributed by atoms with E-state index in [1.165, 1.54) is 95.2 Å². The Hall–Kier alpha value is -1.66. The van der Waals surface area contributed by atoms with Crippen molar-refractivity contribution in [3.05, 3.63) is 112 Å². The smallest absolute Gasteiger partial charge is 1.00 e. The monoisotopic (exact) mass is 816 g/mol. The Bertz CT molecular complexity index is 1740. The molecule has 1 aliphatic rings. The van der Waals surface area contributed by atoms with E-state index >= 15 is 0 Å². The maximum atomic E-state index is 3.40. The van der Waals surface area contributed by atoms with Crippen LogP contribution in [0.2, 0.25) is 0 Å². The predicted octanol–water partition coefficient (Wildman–Crippen LogP) is 8.43. The zero-order valence-corrected chi connectivity index (χ0v) is 39.6. The maximum absolute atomic E-state index is 3.40. The third-order valence-corrected chi connectivity index (χ3v) is 10.4. The van der Waals surface area contributed by atoms with Gasteiger partial charge in [0.25, 0.3) is 0 Å². The van der Waals surface area contributed by atoms with Crippen LogP contribution in [0.25, 0.3) is 21.5 Å². The maximum Gasteiger partial charge on any atom is -1.00 e. The van der Waals surface area contributed by atoms with E-state index < -0.39 is 0 Å². The number of fused-ring (bicyclic) bond motifs is 3. The molecule has 4 aromatic rings. The number of benzene rings is 3. The molecule has 1 aliphatic carbocycles. The van der Waals surface area contributed by atoms with Crippen LogP contribution < -0.4 is 24.8 Å². The average Bonchev–Trinajstić information content (AvgIpc) is 3.60. The Labute approximate surface area is 347 Å². The Morgan fingerprint density at radius 1 is 0.615 bits per heavy atom. The summed E-state index contributed by atoms with van der Waals surface area (Å²) in [4.78, 5) is 0. The predicted molar refractivity (Wildman–Crippen MR) is 222 cm³/mol. The summed E-state index contributed by atoms with van der Waals surface area (Å²) in [6.07, 6.45) is 10.4. The first-order valence-corrected chi connectivity index (χ1v) is 20.1. The molecule has 0 saturated heterocycles. The number of rotatable bonds is 3. The van der Waals surface area contributed by atoms with Crippen LogP contribution in [-0.2, 0) is 45.9 Å². The zero-order chi connectivity index (χ0) is 38.0. The SMILES string of the molecule is CC(C)(C)c1cc2[cH-]c3cc(C(C)(C)C)c(C(C)(C)C)cc3c2cc1C(C)(C)C.CCCC1[C-]=CC(C(C)(C)C)=C1.C[C](=[Zr+2])c1ccccc1.[Cl-].[Cl-]. The molecule has 0 radical (unpaired) electrons. The van der Waals surface area contributed by atoms with Crippen molar-refractivity contribution in [2.75, 3.05) is 0 Å². The van der Waals surface area contributed by atoms with Crippen molar-refractivity contribution < 1.29 is 49.0 Å². The van der Waals surface area contributed by atoms with Crippen LogP contribution in [0.4, 0.5) is 0 Å². The van der Waals surface area contributed by atoms with Gasteiger partial charge in [0.05, 0.1) is 0 Å². The summed E-state index contributed by atoms with van der Waals surface area (Å²) in [6.45, 7) is 39.2. The van der Waals surface area contributed by atoms with Gasteiger partial charge in [-0.2, -0.15) is 11.6 Å². The second-order valence-corrected chi connectivity index (χ2v) is 21.5. The van der Waals surface area contributed by atoms with E-state index in [0.717, 1.165) is 0 Å². The normalized spacial score (nSPS) is 14.8. The summed E-state index contributed by atoms with van der Waals surface area (Å²) in [5, 5.41) is 5.57. The van der Waals surface area contributed by atoms with Crippen LogP contribution in [0.3, 0.4) is 0 Å². The summed E-state index contributed by atoms with van der Waals surface area (Å²) in [5.41, 5.74) is 9.52. The zero-order valence-electron chi connectivity index (χ0n) is 35.7. The molecule has 0 N–H and O–H groups in total. The molecule has 0 spiro atoms. The molecular formula is C49H68Cl2Zr-2. The molecule has 3 heteroatoms. The number of hydrogen-bond acceptors (Lipinski definition) is 0. The summed E-state index contributed by atoms with van der Waals surface area (Å²) >= 11 is 1.51. The minimum atomic E-state index is 0. The Balaban J connectivity index is 0.000000483. The van der Waals surface area contributed by atoms with Crippen LogP contribution in [0, 0.1) is 17.4 Å². The van der Waals surface area contributed by atoms with E-state index in [-0.39, 0.29) is 46.5 Å². The van der Waals surface area contributed by atoms with Crippen molar-refractivity contribution in [3.8, 4) is 0 Å². The van der Waals surface area contributed by atoms with Gasteiger partial charge in [0.15, 0.2) is 0 Å². The fourth-order valence-electron chi connectivity index (χ4n) is 6.73. The third kappa shape index (κ3) is 12.7. The number of allylic oxidation sites excluding steroid dienone is 4. The molecule has 5 rings (SSSR count). The van der Waals surface area contributed by atoms with Crippen molar-refractivity contribution >= 4 is 24.8 Å². The van der Waals surface area contributed by atoms with Crippen LogP contribution in [0.5, 0.6) is 0 Å². The van der Waals surface area contributed by atoms with Crippen LogP contribution >= 0.6 is 0 Å². The first-order chi connectivity index (χ1) is 22.7. The molecule has 0 saturated carbocycles. The minimum absolute atomic E-state index is 0. The van der Waals surface area contributed by atoms with Gasteiger partial charge in [0.1, 0.15) is 0 Å². The van der Waals surface area contributed by atoms with E-state index in [1.54, 1.807) is 0 Å².